The van der Waals surface area contributed by atoms with Crippen LogP contribution in [-0.4, -0.2) is 29.3 Å². The van der Waals surface area contributed by atoms with Crippen molar-refractivity contribution in [2.24, 2.45) is 7.05 Å². The second kappa shape index (κ2) is 6.23. The summed E-state index contributed by atoms with van der Waals surface area (Å²) in [6, 6.07) is 9.46. The molecule has 20 heavy (non-hydrogen) atoms. The lowest BCUT2D eigenvalue weighted by Crippen LogP contribution is -2.24. The van der Waals surface area contributed by atoms with Crippen molar-refractivity contribution in [1.82, 2.24) is 15.1 Å². The Morgan fingerprint density at radius 2 is 2.15 bits per heavy atom. The molecule has 1 amide bonds. The number of ether oxygens (including phenoxy) is 1. The van der Waals surface area contributed by atoms with Crippen molar-refractivity contribution in [2.45, 2.75) is 13.3 Å². The second-order valence-electron chi connectivity index (χ2n) is 4.49. The topological polar surface area (TPSA) is 56.1 Å². The van der Waals surface area contributed by atoms with Gasteiger partial charge < -0.3 is 10.1 Å². The van der Waals surface area contributed by atoms with Gasteiger partial charge in [0.15, 0.2) is 5.69 Å². The molecule has 0 saturated heterocycles. The Morgan fingerprint density at radius 3 is 2.85 bits per heavy atom. The molecule has 0 unspecified atom stereocenters. The van der Waals surface area contributed by atoms with Crippen molar-refractivity contribution in [1.29, 1.82) is 0 Å². The van der Waals surface area contributed by atoms with Gasteiger partial charge in [0.05, 0.1) is 12.8 Å². The number of hydrogen-bond acceptors (Lipinski definition) is 3. The Bertz CT molecular complexity index is 605. The van der Waals surface area contributed by atoms with E-state index in [0.29, 0.717) is 12.2 Å². The fraction of sp³-hybridized carbons (Fsp3) is 0.333. The van der Waals surface area contributed by atoms with Crippen LogP contribution < -0.4 is 10.1 Å². The van der Waals surface area contributed by atoms with Crippen molar-refractivity contribution >= 4 is 5.91 Å². The van der Waals surface area contributed by atoms with Gasteiger partial charge in [0.1, 0.15) is 5.75 Å². The third kappa shape index (κ3) is 2.82. The van der Waals surface area contributed by atoms with Crippen molar-refractivity contribution in [3.05, 3.63) is 36.0 Å². The van der Waals surface area contributed by atoms with Crippen molar-refractivity contribution in [3.8, 4) is 17.0 Å². The highest BCUT2D eigenvalue weighted by molar-refractivity contribution is 5.93. The molecule has 0 bridgehead atoms. The largest absolute Gasteiger partial charge is 0.496 e. The van der Waals surface area contributed by atoms with Gasteiger partial charge in [0.2, 0.25) is 0 Å². The molecule has 2 aromatic rings. The van der Waals surface area contributed by atoms with Crippen molar-refractivity contribution in [2.75, 3.05) is 13.7 Å². The van der Waals surface area contributed by atoms with E-state index in [1.807, 2.05) is 38.2 Å². The van der Waals surface area contributed by atoms with Crippen LogP contribution in [0.3, 0.4) is 0 Å². The monoisotopic (exact) mass is 273 g/mol. The Kier molecular flexibility index (Phi) is 4.40. The first kappa shape index (κ1) is 14.1. The number of aromatic nitrogens is 2. The molecule has 1 heterocycles. The maximum absolute atomic E-state index is 11.9. The molecule has 0 aliphatic rings. The lowest BCUT2D eigenvalue weighted by atomic mass is 10.1. The van der Waals surface area contributed by atoms with Crippen molar-refractivity contribution < 1.29 is 9.53 Å². The van der Waals surface area contributed by atoms with E-state index >= 15 is 0 Å². The number of benzene rings is 1. The van der Waals surface area contributed by atoms with E-state index < -0.39 is 0 Å². The lowest BCUT2D eigenvalue weighted by Gasteiger charge is -2.07. The number of aryl methyl sites for hydroxylation is 1. The number of carbonyl (C=O) groups is 1. The number of amides is 1. The summed E-state index contributed by atoms with van der Waals surface area (Å²) in [5.74, 6) is 0.611. The van der Waals surface area contributed by atoms with Crippen molar-refractivity contribution in [3.63, 3.8) is 0 Å². The molecule has 0 aliphatic carbocycles. The molecular weight excluding hydrogens is 254 g/mol. The molecule has 0 spiro atoms. The summed E-state index contributed by atoms with van der Waals surface area (Å²) in [5, 5.41) is 7.09. The molecule has 2 rings (SSSR count). The van der Waals surface area contributed by atoms with E-state index in [1.165, 1.54) is 0 Å². The highest BCUT2D eigenvalue weighted by atomic mass is 16.5. The molecule has 0 saturated carbocycles. The molecule has 1 N–H and O–H groups in total. The first-order valence-corrected chi connectivity index (χ1v) is 6.63. The van der Waals surface area contributed by atoms with Gasteiger partial charge in [-0.05, 0) is 24.6 Å². The van der Waals surface area contributed by atoms with Crippen LogP contribution in [0.25, 0.3) is 11.3 Å². The Labute approximate surface area is 118 Å². The fourth-order valence-electron chi connectivity index (χ4n) is 2.02. The van der Waals surface area contributed by atoms with Gasteiger partial charge in [0.25, 0.3) is 5.91 Å². The maximum atomic E-state index is 11.9. The summed E-state index contributed by atoms with van der Waals surface area (Å²) >= 11 is 0. The summed E-state index contributed by atoms with van der Waals surface area (Å²) in [6.07, 6.45) is 0.901. The quantitative estimate of drug-likeness (QED) is 0.909. The third-order valence-corrected chi connectivity index (χ3v) is 3.03. The van der Waals surface area contributed by atoms with Gasteiger partial charge in [-0.3, -0.25) is 9.48 Å². The summed E-state index contributed by atoms with van der Waals surface area (Å²) in [6.45, 7) is 2.67. The maximum Gasteiger partial charge on any atom is 0.271 e. The van der Waals surface area contributed by atoms with Crippen LogP contribution in [0.4, 0.5) is 0 Å². The van der Waals surface area contributed by atoms with Gasteiger partial charge in [-0.25, -0.2) is 0 Å². The van der Waals surface area contributed by atoms with Crippen LogP contribution in [0.2, 0.25) is 0 Å². The molecule has 1 aromatic carbocycles. The highest BCUT2D eigenvalue weighted by Gasteiger charge is 2.15. The third-order valence-electron chi connectivity index (χ3n) is 3.03. The predicted octanol–water partition coefficient (Wildman–Crippen LogP) is 2.24. The fourth-order valence-corrected chi connectivity index (χ4v) is 2.02. The zero-order chi connectivity index (χ0) is 14.5. The molecule has 106 valence electrons. The van der Waals surface area contributed by atoms with Gasteiger partial charge >= 0.3 is 0 Å². The van der Waals surface area contributed by atoms with E-state index in [-0.39, 0.29) is 5.91 Å². The van der Waals surface area contributed by atoms with Gasteiger partial charge in [0, 0.05) is 19.2 Å². The molecule has 0 fully saturated rings. The van der Waals surface area contributed by atoms with Crippen LogP contribution in [-0.2, 0) is 7.05 Å². The molecule has 5 heteroatoms. The average molecular weight is 273 g/mol. The predicted molar refractivity (Wildman–Crippen MR) is 77.8 cm³/mol. The van der Waals surface area contributed by atoms with Gasteiger partial charge in [-0.2, -0.15) is 5.10 Å². The molecule has 0 atom stereocenters. The Morgan fingerprint density at radius 1 is 1.40 bits per heavy atom. The molecular formula is C15H19N3O2. The van der Waals surface area contributed by atoms with Crippen LogP contribution in [0, 0.1) is 0 Å². The SMILES string of the molecule is CCCNC(=O)c1cc(-c2ccccc2OC)n(C)n1. The first-order chi connectivity index (χ1) is 9.67. The number of nitrogens with zero attached hydrogens (tertiary/aromatic N) is 2. The van der Waals surface area contributed by atoms with E-state index in [4.69, 9.17) is 4.74 Å². The number of carbonyl (C=O) groups excluding carboxylic acids is 1. The summed E-state index contributed by atoms with van der Waals surface area (Å²) in [4.78, 5) is 11.9. The molecule has 0 aliphatic heterocycles. The molecule has 1 aromatic heterocycles. The Balaban J connectivity index is 2.34. The number of rotatable bonds is 5. The number of nitrogens with one attached hydrogen (secondary N) is 1. The van der Waals surface area contributed by atoms with E-state index in [2.05, 4.69) is 10.4 Å². The summed E-state index contributed by atoms with van der Waals surface area (Å²) in [7, 11) is 3.45. The minimum atomic E-state index is -0.149. The first-order valence-electron chi connectivity index (χ1n) is 6.63. The number of methoxy groups -OCH3 is 1. The normalized spacial score (nSPS) is 10.3. The number of hydrogen-bond donors (Lipinski definition) is 1. The second-order valence-corrected chi connectivity index (χ2v) is 4.49. The van der Waals surface area contributed by atoms with Crippen LogP contribution >= 0.6 is 0 Å². The van der Waals surface area contributed by atoms with Crippen LogP contribution in [0.1, 0.15) is 23.8 Å². The average Bonchev–Trinajstić information content (AvgIpc) is 2.86. The van der Waals surface area contributed by atoms with Crippen LogP contribution in [0.5, 0.6) is 5.75 Å². The minimum absolute atomic E-state index is 0.149. The van der Waals surface area contributed by atoms with Crippen LogP contribution in [0.15, 0.2) is 30.3 Å². The van der Waals surface area contributed by atoms with Gasteiger partial charge in [-0.15, -0.1) is 0 Å². The minimum Gasteiger partial charge on any atom is -0.496 e. The van der Waals surface area contributed by atoms with E-state index in [0.717, 1.165) is 23.4 Å². The van der Waals surface area contributed by atoms with E-state index in [9.17, 15) is 4.79 Å². The summed E-state index contributed by atoms with van der Waals surface area (Å²) in [5.41, 5.74) is 2.19. The molecule has 5 nitrogen and oxygen atoms in total. The number of para-hydroxylation sites is 1. The van der Waals surface area contributed by atoms with E-state index in [1.54, 1.807) is 17.9 Å². The zero-order valence-corrected chi connectivity index (χ0v) is 12.0. The highest BCUT2D eigenvalue weighted by Crippen LogP contribution is 2.29. The summed E-state index contributed by atoms with van der Waals surface area (Å²) < 4.78 is 7.04. The standard InChI is InChI=1S/C15H19N3O2/c1-4-9-16-15(19)12-10-13(18(2)17-12)11-7-5-6-8-14(11)20-3/h5-8,10H,4,9H2,1-3H3,(H,16,19). The zero-order valence-electron chi connectivity index (χ0n) is 12.0. The Hall–Kier alpha value is -2.30. The lowest BCUT2D eigenvalue weighted by molar-refractivity contribution is 0.0948. The molecule has 0 radical (unpaired) electrons. The smallest absolute Gasteiger partial charge is 0.271 e. The van der Waals surface area contributed by atoms with Gasteiger partial charge in [-0.1, -0.05) is 19.1 Å².